The molecule has 6 nitrogen and oxygen atoms in total. The smallest absolute Gasteiger partial charge is 0.303 e. The summed E-state index contributed by atoms with van der Waals surface area (Å²) in [6, 6.07) is 8.17. The van der Waals surface area contributed by atoms with Crippen molar-refractivity contribution in [3.05, 3.63) is 35.3 Å². The monoisotopic (exact) mass is 354 g/mol. The molecule has 1 aliphatic rings. The number of hydrogen-bond donors (Lipinski definition) is 1. The van der Waals surface area contributed by atoms with Crippen molar-refractivity contribution in [3.63, 3.8) is 0 Å². The number of aromatic nitrogens is 3. The van der Waals surface area contributed by atoms with Crippen LogP contribution in [0.2, 0.25) is 0 Å². The molecule has 1 fully saturated rings. The lowest BCUT2D eigenvalue weighted by molar-refractivity contribution is -0.136. The van der Waals surface area contributed by atoms with Crippen molar-refractivity contribution < 1.29 is 9.90 Å². The lowest BCUT2D eigenvalue weighted by Gasteiger charge is -2.38. The molecule has 1 N–H and O–H groups in total. The number of hydrogen-bond acceptors (Lipinski definition) is 6. The number of aliphatic carboxylic acids is 1. The molecule has 0 amide bonds. The zero-order valence-electron chi connectivity index (χ0n) is 13.8. The van der Waals surface area contributed by atoms with Gasteiger partial charge < -0.3 is 10.0 Å². The van der Waals surface area contributed by atoms with Gasteiger partial charge in [0.15, 0.2) is 0 Å². The summed E-state index contributed by atoms with van der Waals surface area (Å²) in [7, 11) is 0. The molecule has 0 unspecified atom stereocenters. The molecule has 4 rings (SSSR count). The third kappa shape index (κ3) is 3.07. The van der Waals surface area contributed by atoms with E-state index in [4.69, 9.17) is 15.1 Å². The van der Waals surface area contributed by atoms with Crippen molar-refractivity contribution in [1.29, 1.82) is 0 Å². The zero-order chi connectivity index (χ0) is 17.4. The maximum atomic E-state index is 10.8. The highest BCUT2D eigenvalue weighted by molar-refractivity contribution is 7.16. The van der Waals surface area contributed by atoms with Crippen LogP contribution in [0, 0.1) is 0 Å². The van der Waals surface area contributed by atoms with Crippen LogP contribution in [0.5, 0.6) is 0 Å². The van der Waals surface area contributed by atoms with E-state index >= 15 is 0 Å². The number of carboxylic acids is 1. The van der Waals surface area contributed by atoms with Gasteiger partial charge in [0.1, 0.15) is 10.5 Å². The van der Waals surface area contributed by atoms with Gasteiger partial charge in [0.25, 0.3) is 0 Å². The highest BCUT2D eigenvalue weighted by atomic mass is 32.1. The maximum Gasteiger partial charge on any atom is 0.303 e. The Morgan fingerprint density at radius 1 is 1.32 bits per heavy atom. The molecule has 7 heteroatoms. The highest BCUT2D eigenvalue weighted by Gasteiger charge is 2.27. The standard InChI is InChI=1S/C18H18N4O2S/c1-11-7-9-22(11)18-20-16(13-8-10-25-17(13)21-18)14-4-2-3-12(19-14)5-6-15(23)24/h2-4,8,10-11H,5-7,9H2,1H3,(H,23,24)/t11-/m0/s1. The first-order valence-corrected chi connectivity index (χ1v) is 9.20. The minimum Gasteiger partial charge on any atom is -0.481 e. The molecule has 0 spiro atoms. The predicted molar refractivity (Wildman–Crippen MR) is 98.0 cm³/mol. The summed E-state index contributed by atoms with van der Waals surface area (Å²) in [6.07, 6.45) is 1.64. The minimum atomic E-state index is -0.816. The molecule has 1 saturated heterocycles. The van der Waals surface area contributed by atoms with E-state index in [9.17, 15) is 4.79 Å². The van der Waals surface area contributed by atoms with Gasteiger partial charge in [0, 0.05) is 30.1 Å². The Labute approximate surface area is 149 Å². The van der Waals surface area contributed by atoms with E-state index in [2.05, 4.69) is 16.8 Å². The number of thiophene rings is 1. The Balaban J connectivity index is 1.76. The van der Waals surface area contributed by atoms with Crippen LogP contribution >= 0.6 is 11.3 Å². The van der Waals surface area contributed by atoms with E-state index in [-0.39, 0.29) is 6.42 Å². The zero-order valence-corrected chi connectivity index (χ0v) is 14.7. The van der Waals surface area contributed by atoms with Gasteiger partial charge >= 0.3 is 5.97 Å². The normalized spacial score (nSPS) is 16.8. The van der Waals surface area contributed by atoms with Crippen LogP contribution in [0.1, 0.15) is 25.5 Å². The second-order valence-corrected chi connectivity index (χ2v) is 7.15. The number of anilines is 1. The Hall–Kier alpha value is -2.54. The molecule has 0 aliphatic carbocycles. The fourth-order valence-corrected chi connectivity index (χ4v) is 3.73. The topological polar surface area (TPSA) is 79.2 Å². The van der Waals surface area contributed by atoms with Gasteiger partial charge in [-0.15, -0.1) is 11.3 Å². The van der Waals surface area contributed by atoms with Crippen molar-refractivity contribution >= 4 is 33.5 Å². The van der Waals surface area contributed by atoms with E-state index in [1.54, 1.807) is 11.3 Å². The fourth-order valence-electron chi connectivity index (χ4n) is 2.97. The summed E-state index contributed by atoms with van der Waals surface area (Å²) in [5.74, 6) is -0.0649. The molecule has 0 radical (unpaired) electrons. The lowest BCUT2D eigenvalue weighted by atomic mass is 10.1. The van der Waals surface area contributed by atoms with Crippen molar-refractivity contribution in [1.82, 2.24) is 15.0 Å². The van der Waals surface area contributed by atoms with E-state index in [1.165, 1.54) is 0 Å². The summed E-state index contributed by atoms with van der Waals surface area (Å²) < 4.78 is 0. The quantitative estimate of drug-likeness (QED) is 0.757. The molecule has 4 heterocycles. The average Bonchev–Trinajstić information content (AvgIpc) is 3.06. The summed E-state index contributed by atoms with van der Waals surface area (Å²) in [6.45, 7) is 3.15. The van der Waals surface area contributed by atoms with Crippen LogP contribution in [-0.4, -0.2) is 38.6 Å². The van der Waals surface area contributed by atoms with Crippen molar-refractivity contribution in [3.8, 4) is 11.4 Å². The Morgan fingerprint density at radius 3 is 2.92 bits per heavy atom. The van der Waals surface area contributed by atoms with Gasteiger partial charge in [-0.2, -0.15) is 0 Å². The van der Waals surface area contributed by atoms with Crippen LogP contribution in [-0.2, 0) is 11.2 Å². The number of carboxylic acid groups (broad SMARTS) is 1. The van der Waals surface area contributed by atoms with Crippen molar-refractivity contribution in [2.24, 2.45) is 0 Å². The maximum absolute atomic E-state index is 10.8. The highest BCUT2D eigenvalue weighted by Crippen LogP contribution is 2.32. The van der Waals surface area contributed by atoms with Gasteiger partial charge in [-0.25, -0.2) is 9.97 Å². The van der Waals surface area contributed by atoms with Crippen LogP contribution in [0.25, 0.3) is 21.6 Å². The molecule has 1 aliphatic heterocycles. The fraction of sp³-hybridized carbons (Fsp3) is 0.333. The molecule has 3 aromatic rings. The Bertz CT molecular complexity index is 940. The lowest BCUT2D eigenvalue weighted by Crippen LogP contribution is -2.46. The third-order valence-electron chi connectivity index (χ3n) is 4.53. The van der Waals surface area contributed by atoms with E-state index < -0.39 is 5.97 Å². The summed E-state index contributed by atoms with van der Waals surface area (Å²) in [4.78, 5) is 28.1. The summed E-state index contributed by atoms with van der Waals surface area (Å²) in [5.41, 5.74) is 2.35. The van der Waals surface area contributed by atoms with Gasteiger partial charge in [0.2, 0.25) is 5.95 Å². The number of rotatable bonds is 5. The molecule has 128 valence electrons. The average molecular weight is 354 g/mol. The predicted octanol–water partition coefficient (Wildman–Crippen LogP) is 3.37. The van der Waals surface area contributed by atoms with Gasteiger partial charge in [-0.05, 0) is 36.9 Å². The van der Waals surface area contributed by atoms with E-state index in [1.807, 2.05) is 29.6 Å². The molecule has 0 aromatic carbocycles. The summed E-state index contributed by atoms with van der Waals surface area (Å²) in [5, 5.41) is 11.9. The van der Waals surface area contributed by atoms with Crippen molar-refractivity contribution in [2.45, 2.75) is 32.2 Å². The van der Waals surface area contributed by atoms with E-state index in [0.717, 1.165) is 46.2 Å². The van der Waals surface area contributed by atoms with E-state index in [0.29, 0.717) is 12.5 Å². The molecule has 3 aromatic heterocycles. The first-order valence-electron chi connectivity index (χ1n) is 8.32. The number of nitrogens with zero attached hydrogens (tertiary/aromatic N) is 4. The summed E-state index contributed by atoms with van der Waals surface area (Å²) >= 11 is 1.60. The van der Waals surface area contributed by atoms with Gasteiger partial charge in [-0.1, -0.05) is 6.07 Å². The van der Waals surface area contributed by atoms with Crippen molar-refractivity contribution in [2.75, 3.05) is 11.4 Å². The second-order valence-electron chi connectivity index (χ2n) is 6.25. The number of fused-ring (bicyclic) bond motifs is 1. The largest absolute Gasteiger partial charge is 0.481 e. The molecule has 0 bridgehead atoms. The first-order chi connectivity index (χ1) is 12.1. The van der Waals surface area contributed by atoms with Crippen LogP contribution in [0.4, 0.5) is 5.95 Å². The Morgan fingerprint density at radius 2 is 2.20 bits per heavy atom. The molecule has 1 atom stereocenters. The molecule has 0 saturated carbocycles. The second kappa shape index (κ2) is 6.40. The number of aryl methyl sites for hydroxylation is 1. The molecular formula is C18H18N4O2S. The van der Waals surface area contributed by atoms with Crippen LogP contribution < -0.4 is 4.90 Å². The first kappa shape index (κ1) is 16.0. The molecular weight excluding hydrogens is 336 g/mol. The van der Waals surface area contributed by atoms with Crippen LogP contribution in [0.3, 0.4) is 0 Å². The van der Waals surface area contributed by atoms with Gasteiger partial charge in [-0.3, -0.25) is 9.78 Å². The number of pyridine rings is 1. The van der Waals surface area contributed by atoms with Gasteiger partial charge in [0.05, 0.1) is 12.1 Å². The third-order valence-corrected chi connectivity index (χ3v) is 5.34. The van der Waals surface area contributed by atoms with Crippen LogP contribution in [0.15, 0.2) is 29.6 Å². The minimum absolute atomic E-state index is 0.0740. The SMILES string of the molecule is C[C@H]1CCN1c1nc(-c2cccc(CCC(=O)O)n2)c2ccsc2n1. The number of carbonyl (C=O) groups is 1. The Kier molecular flexibility index (Phi) is 4.09. The molecule has 25 heavy (non-hydrogen) atoms.